The predicted molar refractivity (Wildman–Crippen MR) is 79.6 cm³/mol. The molecule has 0 aromatic heterocycles. The highest BCUT2D eigenvalue weighted by Crippen LogP contribution is 2.24. The van der Waals surface area contributed by atoms with Crippen molar-refractivity contribution in [3.63, 3.8) is 0 Å². The van der Waals surface area contributed by atoms with Crippen LogP contribution in [-0.2, 0) is 4.79 Å². The third-order valence-corrected chi connectivity index (χ3v) is 3.63. The summed E-state index contributed by atoms with van der Waals surface area (Å²) in [5.74, 6) is -0.976. The molecule has 0 amide bonds. The number of unbranched alkanes of at least 4 members (excludes halogenated alkanes) is 1. The van der Waals surface area contributed by atoms with E-state index < -0.39 is 11.4 Å². The van der Waals surface area contributed by atoms with Crippen molar-refractivity contribution in [2.75, 3.05) is 18.0 Å². The first kappa shape index (κ1) is 16.5. The zero-order valence-electron chi connectivity index (χ0n) is 12.5. The molecule has 0 saturated carbocycles. The van der Waals surface area contributed by atoms with Gasteiger partial charge in [0.25, 0.3) is 0 Å². The monoisotopic (exact) mass is 281 g/mol. The second-order valence-electron chi connectivity index (χ2n) is 5.70. The molecular formula is C16H24FNO2. The van der Waals surface area contributed by atoms with Crippen LogP contribution in [0.5, 0.6) is 0 Å². The molecule has 20 heavy (non-hydrogen) atoms. The van der Waals surface area contributed by atoms with Crippen molar-refractivity contribution >= 4 is 11.7 Å². The Hall–Kier alpha value is -1.58. The summed E-state index contributed by atoms with van der Waals surface area (Å²) in [5, 5.41) is 9.05. The number of nitrogens with zero attached hydrogens (tertiary/aromatic N) is 1. The molecule has 1 rings (SSSR count). The molecule has 1 N–H and O–H groups in total. The summed E-state index contributed by atoms with van der Waals surface area (Å²) >= 11 is 0. The minimum atomic E-state index is -0.747. The molecule has 0 spiro atoms. The number of rotatable bonds is 8. The average molecular weight is 281 g/mol. The number of benzene rings is 1. The normalized spacial score (nSPS) is 11.4. The van der Waals surface area contributed by atoms with Crippen LogP contribution in [0.4, 0.5) is 10.1 Å². The van der Waals surface area contributed by atoms with Crippen LogP contribution >= 0.6 is 0 Å². The fraction of sp³-hybridized carbons (Fsp3) is 0.562. The number of halogens is 1. The quantitative estimate of drug-likeness (QED) is 0.734. The Morgan fingerprint density at radius 3 is 2.35 bits per heavy atom. The van der Waals surface area contributed by atoms with E-state index in [1.807, 2.05) is 0 Å². The van der Waals surface area contributed by atoms with Gasteiger partial charge in [-0.15, -0.1) is 0 Å². The van der Waals surface area contributed by atoms with Gasteiger partial charge in [0.2, 0.25) is 0 Å². The molecule has 0 unspecified atom stereocenters. The first-order chi connectivity index (χ1) is 9.36. The van der Waals surface area contributed by atoms with Crippen LogP contribution in [0, 0.1) is 11.2 Å². The lowest BCUT2D eigenvalue weighted by Gasteiger charge is -2.24. The molecule has 0 atom stereocenters. The van der Waals surface area contributed by atoms with E-state index in [9.17, 15) is 9.18 Å². The Morgan fingerprint density at radius 2 is 1.85 bits per heavy atom. The van der Waals surface area contributed by atoms with Crippen molar-refractivity contribution in [2.45, 2.75) is 40.0 Å². The molecule has 1 aromatic rings. The smallest absolute Gasteiger partial charge is 0.309 e. The lowest BCUT2D eigenvalue weighted by atomic mass is 9.87. The second kappa shape index (κ2) is 7.27. The third kappa shape index (κ3) is 4.83. The Kier molecular flexibility index (Phi) is 5.99. The maximum absolute atomic E-state index is 12.9. The summed E-state index contributed by atoms with van der Waals surface area (Å²) < 4.78 is 12.9. The molecule has 112 valence electrons. The maximum Gasteiger partial charge on any atom is 0.309 e. The molecule has 0 saturated heterocycles. The van der Waals surface area contributed by atoms with E-state index in [0.29, 0.717) is 6.42 Å². The maximum atomic E-state index is 12.9. The fourth-order valence-electron chi connectivity index (χ4n) is 2.10. The van der Waals surface area contributed by atoms with Gasteiger partial charge in [-0.3, -0.25) is 4.79 Å². The first-order valence-corrected chi connectivity index (χ1v) is 7.10. The van der Waals surface area contributed by atoms with Crippen LogP contribution < -0.4 is 4.90 Å². The molecular weight excluding hydrogens is 257 g/mol. The summed E-state index contributed by atoms with van der Waals surface area (Å²) in [6, 6.07) is 6.48. The van der Waals surface area contributed by atoms with Gasteiger partial charge in [0.05, 0.1) is 5.41 Å². The molecule has 0 aliphatic rings. The van der Waals surface area contributed by atoms with E-state index in [1.54, 1.807) is 26.0 Å². The highest BCUT2D eigenvalue weighted by molar-refractivity contribution is 5.73. The van der Waals surface area contributed by atoms with E-state index >= 15 is 0 Å². The Labute approximate surface area is 120 Å². The van der Waals surface area contributed by atoms with Gasteiger partial charge < -0.3 is 10.0 Å². The molecule has 0 bridgehead atoms. The number of anilines is 1. The van der Waals surface area contributed by atoms with Gasteiger partial charge in [-0.25, -0.2) is 4.39 Å². The molecule has 0 heterocycles. The van der Waals surface area contributed by atoms with Gasteiger partial charge >= 0.3 is 5.97 Å². The van der Waals surface area contributed by atoms with Crippen LogP contribution in [0.3, 0.4) is 0 Å². The minimum Gasteiger partial charge on any atom is -0.481 e. The Morgan fingerprint density at radius 1 is 1.25 bits per heavy atom. The number of aliphatic carboxylic acids is 1. The van der Waals surface area contributed by atoms with E-state index in [2.05, 4.69) is 11.8 Å². The molecule has 0 aliphatic heterocycles. The molecule has 4 heteroatoms. The molecule has 3 nitrogen and oxygen atoms in total. The summed E-state index contributed by atoms with van der Waals surface area (Å²) in [4.78, 5) is 13.2. The summed E-state index contributed by atoms with van der Waals surface area (Å²) in [5.41, 5.74) is 0.346. The highest BCUT2D eigenvalue weighted by Gasteiger charge is 2.26. The Bertz CT molecular complexity index is 429. The van der Waals surface area contributed by atoms with Gasteiger partial charge in [-0.2, -0.15) is 0 Å². The standard InChI is InChI=1S/C16H24FNO2/c1-4-18(14-9-7-13(17)8-10-14)12-6-5-11-16(2,3)15(19)20/h7-10H,4-6,11-12H2,1-3H3,(H,19,20). The summed E-state index contributed by atoms with van der Waals surface area (Å²) in [6.45, 7) is 7.29. The number of carboxylic acid groups (broad SMARTS) is 1. The molecule has 0 fully saturated rings. The third-order valence-electron chi connectivity index (χ3n) is 3.63. The van der Waals surface area contributed by atoms with Crippen LogP contribution in [0.2, 0.25) is 0 Å². The molecule has 0 aliphatic carbocycles. The summed E-state index contributed by atoms with van der Waals surface area (Å²) in [6.07, 6.45) is 2.47. The molecule has 0 radical (unpaired) electrons. The van der Waals surface area contributed by atoms with Gasteiger partial charge in [-0.05, 0) is 57.9 Å². The van der Waals surface area contributed by atoms with Crippen molar-refractivity contribution in [1.29, 1.82) is 0 Å². The summed E-state index contributed by atoms with van der Waals surface area (Å²) in [7, 11) is 0. The largest absolute Gasteiger partial charge is 0.481 e. The Balaban J connectivity index is 2.43. The van der Waals surface area contributed by atoms with Crippen molar-refractivity contribution < 1.29 is 14.3 Å². The SMILES string of the molecule is CCN(CCCCC(C)(C)C(=O)O)c1ccc(F)cc1. The zero-order chi connectivity index (χ0) is 15.2. The van der Waals surface area contributed by atoms with Crippen LogP contribution in [-0.4, -0.2) is 24.2 Å². The fourth-order valence-corrected chi connectivity index (χ4v) is 2.10. The first-order valence-electron chi connectivity index (χ1n) is 7.10. The van der Waals surface area contributed by atoms with Gasteiger partial charge in [-0.1, -0.05) is 6.42 Å². The number of hydrogen-bond acceptors (Lipinski definition) is 2. The van der Waals surface area contributed by atoms with Crippen molar-refractivity contribution in [2.24, 2.45) is 5.41 Å². The minimum absolute atomic E-state index is 0.229. The van der Waals surface area contributed by atoms with Gasteiger partial charge in [0, 0.05) is 18.8 Å². The van der Waals surface area contributed by atoms with Crippen molar-refractivity contribution in [1.82, 2.24) is 0 Å². The number of carbonyl (C=O) groups is 1. The van der Waals surface area contributed by atoms with Gasteiger partial charge in [0.15, 0.2) is 0 Å². The van der Waals surface area contributed by atoms with E-state index in [0.717, 1.165) is 31.6 Å². The number of carboxylic acids is 1. The van der Waals surface area contributed by atoms with Crippen molar-refractivity contribution in [3.05, 3.63) is 30.1 Å². The van der Waals surface area contributed by atoms with E-state index in [-0.39, 0.29) is 5.82 Å². The highest BCUT2D eigenvalue weighted by atomic mass is 19.1. The van der Waals surface area contributed by atoms with E-state index in [4.69, 9.17) is 5.11 Å². The van der Waals surface area contributed by atoms with Crippen LogP contribution in [0.25, 0.3) is 0 Å². The van der Waals surface area contributed by atoms with E-state index in [1.165, 1.54) is 12.1 Å². The average Bonchev–Trinajstić information content (AvgIpc) is 2.40. The zero-order valence-corrected chi connectivity index (χ0v) is 12.5. The lowest BCUT2D eigenvalue weighted by Crippen LogP contribution is -2.26. The van der Waals surface area contributed by atoms with Gasteiger partial charge in [0.1, 0.15) is 5.82 Å². The van der Waals surface area contributed by atoms with Crippen molar-refractivity contribution in [3.8, 4) is 0 Å². The topological polar surface area (TPSA) is 40.5 Å². The number of hydrogen-bond donors (Lipinski definition) is 1. The molecule has 1 aromatic carbocycles. The lowest BCUT2D eigenvalue weighted by molar-refractivity contribution is -0.147. The second-order valence-corrected chi connectivity index (χ2v) is 5.70. The predicted octanol–water partition coefficient (Wildman–Crippen LogP) is 3.93. The van der Waals surface area contributed by atoms with Crippen LogP contribution in [0.15, 0.2) is 24.3 Å². The van der Waals surface area contributed by atoms with Crippen LogP contribution in [0.1, 0.15) is 40.0 Å².